The van der Waals surface area contributed by atoms with Crippen molar-refractivity contribution in [3.8, 4) is 0 Å². The zero-order valence-electron chi connectivity index (χ0n) is 26.0. The number of likely N-dealkylation sites (tertiary alicyclic amines) is 1. The number of aromatic nitrogens is 2. The number of alkyl carbamates (subject to hydrolysis) is 1. The Morgan fingerprint density at radius 2 is 1.80 bits per heavy atom. The summed E-state index contributed by atoms with van der Waals surface area (Å²) in [6, 6.07) is 14.4. The highest BCUT2D eigenvalue weighted by Crippen LogP contribution is 2.44. The van der Waals surface area contributed by atoms with E-state index >= 15 is 0 Å². The highest BCUT2D eigenvalue weighted by atomic mass is 16.5. The standard InChI is InChI=1S/C35H46N6O3/c1-2-3-4-9-22-44-34(43)39-31(36)26-12-10-25(11-13-26)23-29-32-38-28-24-27(14-15-30(28)41(32)21-18-37-29)35(16-5-6-17-35)33(42)40-19-7-8-20-40/h10-15,24,29,37H,2-9,16-23H2,1H3,(H2,36,39,43). The van der Waals surface area contributed by atoms with Gasteiger partial charge in [0.05, 0.1) is 29.1 Å². The minimum Gasteiger partial charge on any atom is -0.449 e. The van der Waals surface area contributed by atoms with E-state index < -0.39 is 11.5 Å². The number of nitrogens with zero attached hydrogens (tertiary/aromatic N) is 3. The van der Waals surface area contributed by atoms with Gasteiger partial charge in [0.25, 0.3) is 0 Å². The predicted molar refractivity (Wildman–Crippen MR) is 172 cm³/mol. The van der Waals surface area contributed by atoms with Crippen LogP contribution in [0.4, 0.5) is 4.79 Å². The Bertz CT molecular complexity index is 1480. The summed E-state index contributed by atoms with van der Waals surface area (Å²) in [6.45, 7) is 6.00. The molecule has 1 aromatic heterocycles. The van der Waals surface area contributed by atoms with Crippen LogP contribution in [0, 0.1) is 5.41 Å². The first-order chi connectivity index (χ1) is 21.5. The minimum atomic E-state index is -0.580. The Morgan fingerprint density at radius 1 is 1.02 bits per heavy atom. The van der Waals surface area contributed by atoms with E-state index in [1.165, 1.54) is 0 Å². The fourth-order valence-corrected chi connectivity index (χ4v) is 7.33. The maximum Gasteiger partial charge on any atom is 0.412 e. The molecule has 1 atom stereocenters. The van der Waals surface area contributed by atoms with E-state index in [0.29, 0.717) is 18.1 Å². The highest BCUT2D eigenvalue weighted by molar-refractivity contribution is 6.04. The average molecular weight is 599 g/mol. The summed E-state index contributed by atoms with van der Waals surface area (Å²) in [5.41, 5.74) is 4.59. The summed E-state index contributed by atoms with van der Waals surface area (Å²) in [5, 5.41) is 14.5. The molecule has 3 N–H and O–H groups in total. The van der Waals surface area contributed by atoms with Crippen LogP contribution in [0.3, 0.4) is 0 Å². The van der Waals surface area contributed by atoms with Crippen LogP contribution in [-0.2, 0) is 27.9 Å². The molecule has 9 heteroatoms. The van der Waals surface area contributed by atoms with E-state index in [0.717, 1.165) is 125 Å². The van der Waals surface area contributed by atoms with Crippen molar-refractivity contribution in [2.45, 2.75) is 95.6 Å². The third kappa shape index (κ3) is 6.25. The van der Waals surface area contributed by atoms with Crippen LogP contribution >= 0.6 is 0 Å². The molecule has 9 nitrogen and oxygen atoms in total. The monoisotopic (exact) mass is 598 g/mol. The Morgan fingerprint density at radius 3 is 2.55 bits per heavy atom. The summed E-state index contributed by atoms with van der Waals surface area (Å²) in [7, 11) is 0. The van der Waals surface area contributed by atoms with Gasteiger partial charge in [-0.25, -0.2) is 9.78 Å². The molecule has 0 radical (unpaired) electrons. The van der Waals surface area contributed by atoms with Gasteiger partial charge in [0.15, 0.2) is 0 Å². The lowest BCUT2D eigenvalue weighted by molar-refractivity contribution is -0.136. The van der Waals surface area contributed by atoms with E-state index in [1.807, 2.05) is 24.3 Å². The van der Waals surface area contributed by atoms with Gasteiger partial charge in [-0.2, -0.15) is 0 Å². The zero-order valence-corrected chi connectivity index (χ0v) is 26.0. The topological polar surface area (TPSA) is 112 Å². The maximum atomic E-state index is 13.8. The van der Waals surface area contributed by atoms with E-state index in [4.69, 9.17) is 15.1 Å². The third-order valence-electron chi connectivity index (χ3n) is 9.77. The first kappa shape index (κ1) is 30.3. The molecule has 2 fully saturated rings. The maximum absolute atomic E-state index is 13.8. The number of rotatable bonds is 10. The van der Waals surface area contributed by atoms with Crippen molar-refractivity contribution in [1.82, 2.24) is 25.1 Å². The fourth-order valence-electron chi connectivity index (χ4n) is 7.33. The highest BCUT2D eigenvalue weighted by Gasteiger charge is 2.45. The van der Waals surface area contributed by atoms with Crippen LogP contribution in [0.2, 0.25) is 0 Å². The first-order valence-corrected chi connectivity index (χ1v) is 16.6. The number of unbranched alkanes of at least 4 members (excludes halogenated alkanes) is 3. The Labute approximate surface area is 260 Å². The zero-order chi connectivity index (χ0) is 30.5. The molecule has 3 aromatic rings. The molecule has 44 heavy (non-hydrogen) atoms. The molecule has 1 aliphatic carbocycles. The van der Waals surface area contributed by atoms with Gasteiger partial charge >= 0.3 is 6.09 Å². The molecule has 3 heterocycles. The fraction of sp³-hybridized carbons (Fsp3) is 0.543. The van der Waals surface area contributed by atoms with E-state index in [2.05, 4.69) is 45.2 Å². The molecule has 3 aliphatic rings. The Hall–Kier alpha value is -3.72. The van der Waals surface area contributed by atoms with Crippen LogP contribution in [0.5, 0.6) is 0 Å². The normalized spacial score (nSPS) is 19.2. The van der Waals surface area contributed by atoms with Gasteiger partial charge in [-0.15, -0.1) is 0 Å². The Balaban J connectivity index is 1.14. The number of hydrogen-bond donors (Lipinski definition) is 3. The summed E-state index contributed by atoms with van der Waals surface area (Å²) in [6.07, 6.45) is 10.6. The van der Waals surface area contributed by atoms with Crippen molar-refractivity contribution in [1.29, 1.82) is 5.41 Å². The summed E-state index contributed by atoms with van der Waals surface area (Å²) in [4.78, 5) is 33.1. The number of carbonyl (C=O) groups excluding carboxylic acids is 2. The van der Waals surface area contributed by atoms with Gasteiger partial charge in [0, 0.05) is 31.7 Å². The summed E-state index contributed by atoms with van der Waals surface area (Å²) >= 11 is 0. The number of amidine groups is 1. The molecule has 0 bridgehead atoms. The largest absolute Gasteiger partial charge is 0.449 e. The molecule has 0 spiro atoms. The molecule has 2 aromatic carbocycles. The molecule has 1 saturated heterocycles. The number of fused-ring (bicyclic) bond motifs is 3. The van der Waals surface area contributed by atoms with Crippen molar-refractivity contribution < 1.29 is 14.3 Å². The van der Waals surface area contributed by atoms with Gasteiger partial charge in [-0.1, -0.05) is 69.4 Å². The molecule has 2 amide bonds. The Kier molecular flexibility index (Phi) is 9.31. The molecular weight excluding hydrogens is 552 g/mol. The predicted octanol–water partition coefficient (Wildman–Crippen LogP) is 5.99. The number of amides is 2. The number of ether oxygens (including phenoxy) is 1. The summed E-state index contributed by atoms with van der Waals surface area (Å²) < 4.78 is 7.54. The van der Waals surface area contributed by atoms with Gasteiger partial charge < -0.3 is 19.5 Å². The molecule has 1 unspecified atom stereocenters. The van der Waals surface area contributed by atoms with Crippen molar-refractivity contribution in [3.05, 3.63) is 65.0 Å². The third-order valence-corrected chi connectivity index (χ3v) is 9.77. The number of carbonyl (C=O) groups is 2. The lowest BCUT2D eigenvalue weighted by Crippen LogP contribution is -2.44. The number of benzene rings is 2. The van der Waals surface area contributed by atoms with Crippen LogP contribution in [-0.4, -0.2) is 58.5 Å². The molecular formula is C35H46N6O3. The number of imidazole rings is 1. The van der Waals surface area contributed by atoms with Gasteiger partial charge in [-0.05, 0) is 61.8 Å². The van der Waals surface area contributed by atoms with E-state index in [9.17, 15) is 9.59 Å². The van der Waals surface area contributed by atoms with E-state index in [-0.39, 0.29) is 11.9 Å². The lowest BCUT2D eigenvalue weighted by atomic mass is 9.77. The first-order valence-electron chi connectivity index (χ1n) is 16.6. The van der Waals surface area contributed by atoms with Crippen LogP contribution < -0.4 is 10.6 Å². The van der Waals surface area contributed by atoms with Crippen LogP contribution in [0.1, 0.15) is 99.7 Å². The van der Waals surface area contributed by atoms with Crippen LogP contribution in [0.25, 0.3) is 11.0 Å². The number of hydrogen-bond acceptors (Lipinski definition) is 6. The SMILES string of the molecule is CCCCCCOC(=O)NC(=N)c1ccc(CC2NCCn3c2nc2cc(C4(C(=O)N5CCCC5)CCCC4)ccc23)cc1. The summed E-state index contributed by atoms with van der Waals surface area (Å²) in [5.74, 6) is 1.38. The second-order valence-corrected chi connectivity index (χ2v) is 12.7. The van der Waals surface area contributed by atoms with Crippen LogP contribution in [0.15, 0.2) is 42.5 Å². The van der Waals surface area contributed by atoms with Crippen molar-refractivity contribution in [3.63, 3.8) is 0 Å². The molecule has 6 rings (SSSR count). The second kappa shape index (κ2) is 13.5. The van der Waals surface area contributed by atoms with Crippen molar-refractivity contribution >= 4 is 28.9 Å². The molecule has 1 saturated carbocycles. The minimum absolute atomic E-state index is 0.0340. The number of nitrogens with one attached hydrogen (secondary N) is 3. The van der Waals surface area contributed by atoms with Crippen molar-refractivity contribution in [2.75, 3.05) is 26.2 Å². The molecule has 2 aliphatic heterocycles. The van der Waals surface area contributed by atoms with Gasteiger partial charge in [0.1, 0.15) is 11.7 Å². The quantitative estimate of drug-likeness (QED) is 0.151. The molecule has 234 valence electrons. The average Bonchev–Trinajstić information content (AvgIpc) is 3.82. The second-order valence-electron chi connectivity index (χ2n) is 12.7. The van der Waals surface area contributed by atoms with E-state index in [1.54, 1.807) is 0 Å². The lowest BCUT2D eigenvalue weighted by Gasteiger charge is -2.33. The van der Waals surface area contributed by atoms with Gasteiger partial charge in [-0.3, -0.25) is 15.5 Å². The van der Waals surface area contributed by atoms with Crippen molar-refractivity contribution in [2.24, 2.45) is 0 Å². The van der Waals surface area contributed by atoms with Gasteiger partial charge in [0.2, 0.25) is 5.91 Å². The smallest absolute Gasteiger partial charge is 0.412 e.